The molecule has 1 aliphatic heterocycles. The van der Waals surface area contributed by atoms with Crippen LogP contribution in [0.15, 0.2) is 23.0 Å². The number of benzene rings is 1. The van der Waals surface area contributed by atoms with Crippen LogP contribution in [-0.2, 0) is 4.74 Å². The summed E-state index contributed by atoms with van der Waals surface area (Å²) >= 11 is 0. The number of aromatic amines is 1. The third-order valence-electron chi connectivity index (χ3n) is 5.58. The lowest BCUT2D eigenvalue weighted by Crippen LogP contribution is -2.35. The number of cyclic esters (lactones) is 1. The van der Waals surface area contributed by atoms with Gasteiger partial charge >= 0.3 is 12.5 Å². The summed E-state index contributed by atoms with van der Waals surface area (Å²) < 4.78 is 52.6. The molecule has 0 unspecified atom stereocenters. The Morgan fingerprint density at radius 3 is 2.64 bits per heavy atom. The third-order valence-corrected chi connectivity index (χ3v) is 5.58. The van der Waals surface area contributed by atoms with E-state index in [0.717, 1.165) is 6.07 Å². The SMILES string of the molecule is CC[C@H]1COC(=O)N1c1nc(C)nc(N[C@@H](C)c2cc3cc(OC(F)(F)F)c(OC)cc3[nH]c2=O)n1. The van der Waals surface area contributed by atoms with Crippen molar-refractivity contribution in [1.82, 2.24) is 19.9 Å². The van der Waals surface area contributed by atoms with Crippen LogP contribution in [0.3, 0.4) is 0 Å². The Bertz CT molecular complexity index is 1360. The highest BCUT2D eigenvalue weighted by atomic mass is 19.4. The van der Waals surface area contributed by atoms with Crippen molar-refractivity contribution < 1.29 is 32.2 Å². The molecule has 1 aliphatic rings. The highest BCUT2D eigenvalue weighted by Gasteiger charge is 2.35. The lowest BCUT2D eigenvalue weighted by Gasteiger charge is -2.20. The molecule has 0 spiro atoms. The fourth-order valence-corrected chi connectivity index (χ4v) is 3.83. The summed E-state index contributed by atoms with van der Waals surface area (Å²) in [7, 11) is 1.19. The molecule has 0 saturated carbocycles. The van der Waals surface area contributed by atoms with E-state index in [1.807, 2.05) is 6.92 Å². The topological polar surface area (TPSA) is 132 Å². The number of anilines is 2. The number of hydrogen-bond donors (Lipinski definition) is 2. The van der Waals surface area contributed by atoms with Crippen LogP contribution in [0.25, 0.3) is 10.9 Å². The quantitative estimate of drug-likeness (QED) is 0.489. The van der Waals surface area contributed by atoms with Crippen molar-refractivity contribution in [2.24, 2.45) is 0 Å². The van der Waals surface area contributed by atoms with Crippen molar-refractivity contribution in [2.75, 3.05) is 23.9 Å². The van der Waals surface area contributed by atoms with Crippen LogP contribution in [0, 0.1) is 6.92 Å². The van der Waals surface area contributed by atoms with Gasteiger partial charge < -0.3 is 24.5 Å². The van der Waals surface area contributed by atoms with Crippen molar-refractivity contribution in [3.63, 3.8) is 0 Å². The standard InChI is InChI=1S/C22H23F3N6O5/c1-5-13-9-35-21(33)31(13)20-28-11(3)27-19(30-20)26-10(2)14-6-12-7-17(36-22(23,24)25)16(34-4)8-15(12)29-18(14)32/h6-8,10,13H,5,9H2,1-4H3,(H,29,32)(H,26,27,28,30)/t10-,13-/m0/s1. The van der Waals surface area contributed by atoms with Crippen LogP contribution in [0.1, 0.15) is 37.7 Å². The van der Waals surface area contributed by atoms with Gasteiger partial charge in [-0.3, -0.25) is 4.79 Å². The number of halogens is 3. The first-order valence-electron chi connectivity index (χ1n) is 10.9. The molecule has 2 atom stereocenters. The van der Waals surface area contributed by atoms with Crippen molar-refractivity contribution in [1.29, 1.82) is 0 Å². The molecule has 4 rings (SSSR count). The van der Waals surface area contributed by atoms with Gasteiger partial charge in [-0.25, -0.2) is 9.69 Å². The summed E-state index contributed by atoms with van der Waals surface area (Å²) in [6.07, 6.45) is -4.86. The van der Waals surface area contributed by atoms with Crippen LogP contribution in [-0.4, -0.2) is 52.2 Å². The average molecular weight is 508 g/mol. The molecule has 1 amide bonds. The lowest BCUT2D eigenvalue weighted by molar-refractivity contribution is -0.275. The smallest absolute Gasteiger partial charge is 0.493 e. The monoisotopic (exact) mass is 508 g/mol. The first-order valence-corrected chi connectivity index (χ1v) is 10.9. The van der Waals surface area contributed by atoms with Gasteiger partial charge in [-0.15, -0.1) is 13.2 Å². The minimum atomic E-state index is -4.92. The molecule has 0 bridgehead atoms. The fraction of sp³-hybridized carbons (Fsp3) is 0.409. The van der Waals surface area contributed by atoms with Gasteiger partial charge in [-0.05, 0) is 32.4 Å². The Hall–Kier alpha value is -4.10. The second-order valence-electron chi connectivity index (χ2n) is 8.07. The minimum absolute atomic E-state index is 0.106. The van der Waals surface area contributed by atoms with E-state index < -0.39 is 29.8 Å². The van der Waals surface area contributed by atoms with E-state index in [1.54, 1.807) is 13.8 Å². The molecule has 0 radical (unpaired) electrons. The molecular weight excluding hydrogens is 485 g/mol. The van der Waals surface area contributed by atoms with Crippen LogP contribution < -0.4 is 25.2 Å². The van der Waals surface area contributed by atoms with E-state index in [9.17, 15) is 22.8 Å². The number of ether oxygens (including phenoxy) is 3. The molecule has 2 N–H and O–H groups in total. The summed E-state index contributed by atoms with van der Waals surface area (Å²) in [6, 6.07) is 2.92. The number of aryl methyl sites for hydroxylation is 1. The maximum Gasteiger partial charge on any atom is 0.573 e. The van der Waals surface area contributed by atoms with E-state index in [-0.39, 0.29) is 46.8 Å². The number of carbonyl (C=O) groups is 1. The summed E-state index contributed by atoms with van der Waals surface area (Å²) in [4.78, 5) is 41.7. The average Bonchev–Trinajstić information content (AvgIpc) is 3.17. The van der Waals surface area contributed by atoms with Gasteiger partial charge in [0.15, 0.2) is 11.5 Å². The van der Waals surface area contributed by atoms with Gasteiger partial charge in [0, 0.05) is 17.0 Å². The zero-order chi connectivity index (χ0) is 26.2. The van der Waals surface area contributed by atoms with Crippen LogP contribution in [0.5, 0.6) is 11.5 Å². The zero-order valence-electron chi connectivity index (χ0n) is 19.8. The zero-order valence-corrected chi connectivity index (χ0v) is 19.8. The number of nitrogens with one attached hydrogen (secondary N) is 2. The molecule has 1 fully saturated rings. The molecule has 2 aromatic heterocycles. The fourth-order valence-electron chi connectivity index (χ4n) is 3.83. The molecule has 14 heteroatoms. The largest absolute Gasteiger partial charge is 0.573 e. The molecule has 11 nitrogen and oxygen atoms in total. The van der Waals surface area contributed by atoms with E-state index >= 15 is 0 Å². The summed E-state index contributed by atoms with van der Waals surface area (Å²) in [6.45, 7) is 5.41. The first-order chi connectivity index (χ1) is 17.0. The number of nitrogens with zero attached hydrogens (tertiary/aromatic N) is 4. The van der Waals surface area contributed by atoms with Gasteiger partial charge in [-0.2, -0.15) is 15.0 Å². The molecule has 0 aliphatic carbocycles. The molecular formula is C22H23F3N6O5. The van der Waals surface area contributed by atoms with Crippen molar-refractivity contribution in [3.8, 4) is 11.5 Å². The number of pyridine rings is 1. The number of methoxy groups -OCH3 is 1. The van der Waals surface area contributed by atoms with E-state index in [0.29, 0.717) is 12.2 Å². The van der Waals surface area contributed by atoms with Gasteiger partial charge in [0.05, 0.1) is 24.7 Å². The highest BCUT2D eigenvalue weighted by molar-refractivity contribution is 5.88. The molecule has 192 valence electrons. The number of H-pyrrole nitrogens is 1. The Labute approximate surface area is 202 Å². The maximum absolute atomic E-state index is 12.8. The summed E-state index contributed by atoms with van der Waals surface area (Å²) in [5.41, 5.74) is -0.00904. The van der Waals surface area contributed by atoms with Crippen LogP contribution in [0.4, 0.5) is 29.9 Å². The van der Waals surface area contributed by atoms with Gasteiger partial charge in [-0.1, -0.05) is 6.92 Å². The summed E-state index contributed by atoms with van der Waals surface area (Å²) in [5, 5.41) is 3.28. The lowest BCUT2D eigenvalue weighted by atomic mass is 10.1. The Kier molecular flexibility index (Phi) is 6.61. The molecule has 1 aromatic carbocycles. The highest BCUT2D eigenvalue weighted by Crippen LogP contribution is 2.35. The molecule has 3 heterocycles. The maximum atomic E-state index is 12.8. The number of aromatic nitrogens is 4. The summed E-state index contributed by atoms with van der Waals surface area (Å²) in [5.74, 6) is -0.183. The van der Waals surface area contributed by atoms with Crippen molar-refractivity contribution in [3.05, 3.63) is 39.9 Å². The van der Waals surface area contributed by atoms with Gasteiger partial charge in [0.2, 0.25) is 11.9 Å². The first kappa shape index (κ1) is 25.0. The number of rotatable bonds is 7. The van der Waals surface area contributed by atoms with Crippen LogP contribution in [0.2, 0.25) is 0 Å². The third kappa shape index (κ3) is 5.11. The van der Waals surface area contributed by atoms with Gasteiger partial charge in [0.25, 0.3) is 5.56 Å². The van der Waals surface area contributed by atoms with Crippen molar-refractivity contribution >= 4 is 28.9 Å². The van der Waals surface area contributed by atoms with E-state index in [2.05, 4.69) is 30.0 Å². The van der Waals surface area contributed by atoms with E-state index in [4.69, 9.17) is 9.47 Å². The second-order valence-corrected chi connectivity index (χ2v) is 8.07. The van der Waals surface area contributed by atoms with Crippen molar-refractivity contribution in [2.45, 2.75) is 45.6 Å². The van der Waals surface area contributed by atoms with Gasteiger partial charge in [0.1, 0.15) is 12.4 Å². The number of carbonyl (C=O) groups excluding carboxylic acids is 1. The number of alkyl halides is 3. The van der Waals surface area contributed by atoms with Crippen LogP contribution >= 0.6 is 0 Å². The number of fused-ring (bicyclic) bond motifs is 1. The Balaban J connectivity index is 1.67. The second kappa shape index (κ2) is 9.51. The van der Waals surface area contributed by atoms with E-state index in [1.165, 1.54) is 24.1 Å². The predicted octanol–water partition coefficient (Wildman–Crippen LogP) is 3.84. The number of amides is 1. The Morgan fingerprint density at radius 2 is 1.97 bits per heavy atom. The molecule has 1 saturated heterocycles. The number of hydrogen-bond acceptors (Lipinski definition) is 9. The molecule has 3 aromatic rings. The molecule has 36 heavy (non-hydrogen) atoms. The minimum Gasteiger partial charge on any atom is -0.493 e. The predicted molar refractivity (Wildman–Crippen MR) is 122 cm³/mol. The normalized spacial score (nSPS) is 16.7. The Morgan fingerprint density at radius 1 is 1.22 bits per heavy atom.